The summed E-state index contributed by atoms with van der Waals surface area (Å²) >= 11 is 0. The molecule has 1 aromatic carbocycles. The number of likely N-dealkylation sites (N-methyl/N-ethyl adjacent to an activating group) is 1. The fourth-order valence-corrected chi connectivity index (χ4v) is 2.43. The molecular formula is C15H23NO3. The van der Waals surface area contributed by atoms with Crippen LogP contribution in [-0.4, -0.2) is 48.6 Å². The van der Waals surface area contributed by atoms with Crippen LogP contribution < -0.4 is 0 Å². The van der Waals surface area contributed by atoms with Gasteiger partial charge in [-0.1, -0.05) is 30.3 Å². The van der Waals surface area contributed by atoms with E-state index in [2.05, 4.69) is 0 Å². The normalized spacial score (nSPS) is 31.6. The third-order valence-electron chi connectivity index (χ3n) is 3.53. The molecule has 0 aromatic heterocycles. The highest BCUT2D eigenvalue weighted by Crippen LogP contribution is 2.24. The second kappa shape index (κ2) is 6.48. The van der Waals surface area contributed by atoms with E-state index in [-0.39, 0.29) is 12.1 Å². The molecule has 1 saturated heterocycles. The van der Waals surface area contributed by atoms with E-state index in [1.165, 1.54) is 0 Å². The average molecular weight is 265 g/mol. The smallest absolute Gasteiger partial charge is 0.185 e. The van der Waals surface area contributed by atoms with Crippen molar-refractivity contribution in [1.29, 1.82) is 0 Å². The summed E-state index contributed by atoms with van der Waals surface area (Å²) in [4.78, 5) is 2.03. The Labute approximate surface area is 114 Å². The van der Waals surface area contributed by atoms with Gasteiger partial charge in [-0.25, -0.2) is 0 Å². The second-order valence-electron chi connectivity index (χ2n) is 5.37. The molecule has 0 spiro atoms. The number of ether oxygens (including phenoxy) is 2. The van der Waals surface area contributed by atoms with Gasteiger partial charge in [0.05, 0.1) is 12.7 Å². The lowest BCUT2D eigenvalue weighted by Crippen LogP contribution is -2.54. The van der Waals surface area contributed by atoms with Crippen molar-refractivity contribution in [2.24, 2.45) is 0 Å². The first-order chi connectivity index (χ1) is 9.08. The third kappa shape index (κ3) is 3.76. The molecule has 4 atom stereocenters. The Bertz CT molecular complexity index is 382. The zero-order valence-corrected chi connectivity index (χ0v) is 11.8. The Morgan fingerprint density at radius 3 is 2.63 bits per heavy atom. The summed E-state index contributed by atoms with van der Waals surface area (Å²) in [5.41, 5.74) is 1.08. The minimum atomic E-state index is -0.616. The molecule has 0 saturated carbocycles. The molecule has 1 aliphatic rings. The topological polar surface area (TPSA) is 41.9 Å². The third-order valence-corrected chi connectivity index (χ3v) is 3.53. The largest absolute Gasteiger partial charge is 0.386 e. The van der Waals surface area contributed by atoms with Crippen molar-refractivity contribution in [1.82, 2.24) is 4.90 Å². The Kier molecular flexibility index (Phi) is 4.93. The van der Waals surface area contributed by atoms with E-state index >= 15 is 0 Å². The van der Waals surface area contributed by atoms with Crippen molar-refractivity contribution in [3.63, 3.8) is 0 Å². The predicted molar refractivity (Wildman–Crippen MR) is 73.7 cm³/mol. The zero-order chi connectivity index (χ0) is 13.8. The van der Waals surface area contributed by atoms with Gasteiger partial charge in [-0.2, -0.15) is 0 Å². The first-order valence-electron chi connectivity index (χ1n) is 6.73. The van der Waals surface area contributed by atoms with Crippen LogP contribution in [0.2, 0.25) is 0 Å². The van der Waals surface area contributed by atoms with Crippen molar-refractivity contribution in [2.45, 2.75) is 44.5 Å². The van der Waals surface area contributed by atoms with Gasteiger partial charge >= 0.3 is 0 Å². The van der Waals surface area contributed by atoms with Crippen LogP contribution in [-0.2, 0) is 16.1 Å². The summed E-state index contributed by atoms with van der Waals surface area (Å²) in [7, 11) is 3.94. The predicted octanol–water partition coefficient (Wildman–Crippen LogP) is 1.63. The first kappa shape index (κ1) is 14.5. The molecule has 1 heterocycles. The van der Waals surface area contributed by atoms with Crippen molar-refractivity contribution in [2.75, 3.05) is 14.1 Å². The number of hydrogen-bond donors (Lipinski definition) is 1. The van der Waals surface area contributed by atoms with E-state index in [9.17, 15) is 5.11 Å². The molecule has 1 aliphatic heterocycles. The van der Waals surface area contributed by atoms with Gasteiger partial charge in [-0.15, -0.1) is 0 Å². The Morgan fingerprint density at radius 1 is 1.32 bits per heavy atom. The number of benzene rings is 1. The van der Waals surface area contributed by atoms with Gasteiger partial charge in [-0.05, 0) is 33.0 Å². The molecule has 19 heavy (non-hydrogen) atoms. The summed E-state index contributed by atoms with van der Waals surface area (Å²) < 4.78 is 11.4. The zero-order valence-electron chi connectivity index (χ0n) is 11.8. The lowest BCUT2D eigenvalue weighted by molar-refractivity contribution is -0.256. The van der Waals surface area contributed by atoms with Gasteiger partial charge in [0.2, 0.25) is 0 Å². The molecule has 1 aromatic rings. The average Bonchev–Trinajstić information content (AvgIpc) is 2.40. The van der Waals surface area contributed by atoms with Crippen molar-refractivity contribution < 1.29 is 14.6 Å². The lowest BCUT2D eigenvalue weighted by atomic mass is 9.99. The van der Waals surface area contributed by atoms with Crippen molar-refractivity contribution in [3.8, 4) is 0 Å². The maximum absolute atomic E-state index is 10.3. The van der Waals surface area contributed by atoms with E-state index in [0.29, 0.717) is 6.61 Å². The number of hydrogen-bond acceptors (Lipinski definition) is 4. The van der Waals surface area contributed by atoms with E-state index in [1.807, 2.05) is 56.3 Å². The second-order valence-corrected chi connectivity index (χ2v) is 5.37. The molecule has 1 unspecified atom stereocenters. The molecule has 0 radical (unpaired) electrons. The summed E-state index contributed by atoms with van der Waals surface area (Å²) in [5.74, 6) is 0. The Morgan fingerprint density at radius 2 is 2.00 bits per heavy atom. The van der Waals surface area contributed by atoms with Crippen molar-refractivity contribution in [3.05, 3.63) is 35.9 Å². The van der Waals surface area contributed by atoms with Gasteiger partial charge in [-0.3, -0.25) is 0 Å². The summed E-state index contributed by atoms with van der Waals surface area (Å²) in [6, 6.07) is 10.00. The minimum absolute atomic E-state index is 0.0736. The molecule has 4 heteroatoms. The van der Waals surface area contributed by atoms with E-state index in [0.717, 1.165) is 12.0 Å². The minimum Gasteiger partial charge on any atom is -0.386 e. The monoisotopic (exact) mass is 265 g/mol. The lowest BCUT2D eigenvalue weighted by Gasteiger charge is -2.40. The van der Waals surface area contributed by atoms with Gasteiger partial charge in [0, 0.05) is 6.04 Å². The molecule has 106 valence electrons. The SMILES string of the molecule is C[C@@H]1C[C@H](N(C)C)[C@@H](O)C(OCc2ccccc2)O1. The molecule has 4 nitrogen and oxygen atoms in total. The number of aliphatic hydroxyl groups is 1. The molecular weight excluding hydrogens is 242 g/mol. The fourth-order valence-electron chi connectivity index (χ4n) is 2.43. The summed E-state index contributed by atoms with van der Waals surface area (Å²) in [5, 5.41) is 10.3. The van der Waals surface area contributed by atoms with Crippen molar-refractivity contribution >= 4 is 0 Å². The van der Waals surface area contributed by atoms with Gasteiger partial charge in [0.25, 0.3) is 0 Å². The highest BCUT2D eigenvalue weighted by atomic mass is 16.7. The molecule has 2 rings (SSSR count). The molecule has 1 fully saturated rings. The van der Waals surface area contributed by atoms with Gasteiger partial charge < -0.3 is 19.5 Å². The maximum atomic E-state index is 10.3. The molecule has 0 bridgehead atoms. The standard InChI is InChI=1S/C15H23NO3/c1-11-9-13(16(2)3)14(17)15(19-11)18-10-12-7-5-4-6-8-12/h4-8,11,13-15,17H,9-10H2,1-3H3/t11-,13+,14-,15?/m1/s1. The van der Waals surface area contributed by atoms with Gasteiger partial charge in [0.1, 0.15) is 6.10 Å². The summed E-state index contributed by atoms with van der Waals surface area (Å²) in [6.45, 7) is 2.47. The number of nitrogens with zero attached hydrogens (tertiary/aromatic N) is 1. The van der Waals surface area contributed by atoms with Crippen LogP contribution in [0.3, 0.4) is 0 Å². The Hall–Kier alpha value is -0.940. The van der Waals surface area contributed by atoms with Crippen LogP contribution in [0.15, 0.2) is 30.3 Å². The highest BCUT2D eigenvalue weighted by molar-refractivity contribution is 5.13. The van der Waals surface area contributed by atoms with Crippen LogP contribution in [0.4, 0.5) is 0 Å². The van der Waals surface area contributed by atoms with E-state index in [4.69, 9.17) is 9.47 Å². The van der Waals surface area contributed by atoms with Crippen LogP contribution in [0.5, 0.6) is 0 Å². The molecule has 0 aliphatic carbocycles. The van der Waals surface area contributed by atoms with E-state index in [1.54, 1.807) is 0 Å². The number of aliphatic hydroxyl groups excluding tert-OH is 1. The van der Waals surface area contributed by atoms with Crippen LogP contribution in [0.25, 0.3) is 0 Å². The highest BCUT2D eigenvalue weighted by Gasteiger charge is 2.37. The quantitative estimate of drug-likeness (QED) is 0.898. The summed E-state index contributed by atoms with van der Waals surface area (Å²) in [6.07, 6.45) is -0.262. The van der Waals surface area contributed by atoms with Gasteiger partial charge in [0.15, 0.2) is 6.29 Å². The van der Waals surface area contributed by atoms with Crippen LogP contribution >= 0.6 is 0 Å². The first-order valence-corrected chi connectivity index (χ1v) is 6.73. The fraction of sp³-hybridized carbons (Fsp3) is 0.600. The van der Waals surface area contributed by atoms with Crippen LogP contribution in [0.1, 0.15) is 18.9 Å². The van der Waals surface area contributed by atoms with Crippen LogP contribution in [0, 0.1) is 0 Å². The Balaban J connectivity index is 1.95. The molecule has 1 N–H and O–H groups in total. The van der Waals surface area contributed by atoms with E-state index < -0.39 is 12.4 Å². The maximum Gasteiger partial charge on any atom is 0.185 e. The number of rotatable bonds is 4. The molecule has 0 amide bonds.